The number of aromatic nitrogens is 1. The minimum absolute atomic E-state index is 0.0793. The van der Waals surface area contributed by atoms with Crippen LogP contribution in [0.2, 0.25) is 0 Å². The SMILES string of the molecule is Cc1ccn(CCO)c(=S)c1CCO. The number of pyridine rings is 1. The molecule has 1 aromatic heterocycles. The van der Waals surface area contributed by atoms with Crippen molar-refractivity contribution in [3.05, 3.63) is 28.0 Å². The Morgan fingerprint density at radius 2 is 2.07 bits per heavy atom. The molecule has 0 spiro atoms. The second kappa shape index (κ2) is 5.24. The Labute approximate surface area is 88.6 Å². The molecular formula is C10H15NO2S. The molecule has 0 atom stereocenters. The zero-order valence-corrected chi connectivity index (χ0v) is 9.05. The van der Waals surface area contributed by atoms with Gasteiger partial charge in [0.1, 0.15) is 4.64 Å². The second-order valence-corrected chi connectivity index (χ2v) is 3.56. The zero-order chi connectivity index (χ0) is 10.6. The van der Waals surface area contributed by atoms with Crippen molar-refractivity contribution in [3.8, 4) is 0 Å². The Morgan fingerprint density at radius 1 is 1.36 bits per heavy atom. The fourth-order valence-corrected chi connectivity index (χ4v) is 1.83. The summed E-state index contributed by atoms with van der Waals surface area (Å²) in [5, 5.41) is 17.7. The maximum absolute atomic E-state index is 8.88. The van der Waals surface area contributed by atoms with Crippen molar-refractivity contribution in [3.63, 3.8) is 0 Å². The predicted octanol–water partition coefficient (Wildman–Crippen LogP) is 1.05. The monoisotopic (exact) mass is 213 g/mol. The van der Waals surface area contributed by atoms with Gasteiger partial charge in [0, 0.05) is 19.3 Å². The number of aliphatic hydroxyl groups is 2. The van der Waals surface area contributed by atoms with Crippen LogP contribution in [0.15, 0.2) is 12.3 Å². The van der Waals surface area contributed by atoms with E-state index in [2.05, 4.69) is 0 Å². The lowest BCUT2D eigenvalue weighted by atomic mass is 10.1. The Morgan fingerprint density at radius 3 is 2.64 bits per heavy atom. The molecule has 0 bridgehead atoms. The van der Waals surface area contributed by atoms with Gasteiger partial charge < -0.3 is 14.8 Å². The van der Waals surface area contributed by atoms with E-state index < -0.39 is 0 Å². The minimum atomic E-state index is 0.0793. The van der Waals surface area contributed by atoms with E-state index in [1.54, 1.807) is 0 Å². The molecule has 14 heavy (non-hydrogen) atoms. The lowest BCUT2D eigenvalue weighted by Crippen LogP contribution is -2.08. The first-order chi connectivity index (χ1) is 6.70. The highest BCUT2D eigenvalue weighted by Crippen LogP contribution is 2.10. The smallest absolute Gasteiger partial charge is 0.109 e. The van der Waals surface area contributed by atoms with Gasteiger partial charge in [0.2, 0.25) is 0 Å². The Hall–Kier alpha value is -0.710. The van der Waals surface area contributed by atoms with Crippen molar-refractivity contribution in [1.29, 1.82) is 0 Å². The van der Waals surface area contributed by atoms with Crippen molar-refractivity contribution in [2.45, 2.75) is 19.9 Å². The average Bonchev–Trinajstić information content (AvgIpc) is 2.17. The third-order valence-electron chi connectivity index (χ3n) is 2.20. The average molecular weight is 213 g/mol. The van der Waals surface area contributed by atoms with Crippen LogP contribution in [-0.2, 0) is 13.0 Å². The summed E-state index contributed by atoms with van der Waals surface area (Å²) >= 11 is 5.25. The number of aliphatic hydroxyl groups excluding tert-OH is 2. The van der Waals surface area contributed by atoms with Crippen molar-refractivity contribution < 1.29 is 10.2 Å². The largest absolute Gasteiger partial charge is 0.396 e. The van der Waals surface area contributed by atoms with E-state index in [9.17, 15) is 0 Å². The first kappa shape index (κ1) is 11.4. The van der Waals surface area contributed by atoms with Crippen LogP contribution in [0.4, 0.5) is 0 Å². The van der Waals surface area contributed by atoms with Crippen LogP contribution < -0.4 is 0 Å². The molecule has 0 radical (unpaired) electrons. The van der Waals surface area contributed by atoms with Crippen molar-refractivity contribution in [2.24, 2.45) is 0 Å². The van der Waals surface area contributed by atoms with Crippen LogP contribution in [-0.4, -0.2) is 28.0 Å². The molecule has 0 amide bonds. The molecular weight excluding hydrogens is 198 g/mol. The second-order valence-electron chi connectivity index (χ2n) is 3.17. The van der Waals surface area contributed by atoms with Crippen LogP contribution in [0.25, 0.3) is 0 Å². The summed E-state index contributed by atoms with van der Waals surface area (Å²) in [6.45, 7) is 2.67. The van der Waals surface area contributed by atoms with E-state index in [-0.39, 0.29) is 13.2 Å². The fourth-order valence-electron chi connectivity index (χ4n) is 1.41. The number of nitrogens with zero attached hydrogens (tertiary/aromatic N) is 1. The molecule has 0 aliphatic heterocycles. The van der Waals surface area contributed by atoms with Gasteiger partial charge in [-0.2, -0.15) is 0 Å². The number of aryl methyl sites for hydroxylation is 1. The molecule has 4 heteroatoms. The van der Waals surface area contributed by atoms with E-state index in [1.165, 1.54) is 0 Å². The van der Waals surface area contributed by atoms with Gasteiger partial charge in [0.25, 0.3) is 0 Å². The van der Waals surface area contributed by atoms with E-state index >= 15 is 0 Å². The summed E-state index contributed by atoms with van der Waals surface area (Å²) in [4.78, 5) is 0. The topological polar surface area (TPSA) is 45.4 Å². The summed E-state index contributed by atoms with van der Waals surface area (Å²) in [7, 11) is 0. The highest BCUT2D eigenvalue weighted by atomic mass is 32.1. The molecule has 0 aliphatic rings. The van der Waals surface area contributed by atoms with Crippen molar-refractivity contribution >= 4 is 12.2 Å². The minimum Gasteiger partial charge on any atom is -0.396 e. The van der Waals surface area contributed by atoms with Gasteiger partial charge in [0.15, 0.2) is 0 Å². The molecule has 1 heterocycles. The van der Waals surface area contributed by atoms with Gasteiger partial charge in [-0.1, -0.05) is 12.2 Å². The van der Waals surface area contributed by atoms with Gasteiger partial charge in [-0.25, -0.2) is 0 Å². The van der Waals surface area contributed by atoms with Crippen LogP contribution >= 0.6 is 12.2 Å². The summed E-state index contributed by atoms with van der Waals surface area (Å²) in [6.07, 6.45) is 2.45. The van der Waals surface area contributed by atoms with E-state index in [0.717, 1.165) is 11.1 Å². The third-order valence-corrected chi connectivity index (χ3v) is 2.68. The molecule has 0 fully saturated rings. The van der Waals surface area contributed by atoms with Gasteiger partial charge >= 0.3 is 0 Å². The van der Waals surface area contributed by atoms with Gasteiger partial charge in [-0.05, 0) is 30.5 Å². The van der Waals surface area contributed by atoms with Crippen LogP contribution in [0.3, 0.4) is 0 Å². The molecule has 0 unspecified atom stereocenters. The Bertz CT molecular complexity index is 360. The van der Waals surface area contributed by atoms with Gasteiger partial charge in [0.05, 0.1) is 6.61 Å². The number of rotatable bonds is 4. The van der Waals surface area contributed by atoms with Gasteiger partial charge in [-0.3, -0.25) is 0 Å². The molecule has 2 N–H and O–H groups in total. The van der Waals surface area contributed by atoms with E-state index in [4.69, 9.17) is 22.4 Å². The summed E-state index contributed by atoms with van der Waals surface area (Å²) in [5.41, 5.74) is 2.09. The standard InChI is InChI=1S/C10H15NO2S/c1-8-2-4-11(5-7-13)10(14)9(8)3-6-12/h2,4,12-13H,3,5-7H2,1H3. The van der Waals surface area contributed by atoms with Crippen molar-refractivity contribution in [2.75, 3.05) is 13.2 Å². The molecule has 78 valence electrons. The van der Waals surface area contributed by atoms with E-state index in [1.807, 2.05) is 23.8 Å². The maximum Gasteiger partial charge on any atom is 0.109 e. The Kier molecular flexibility index (Phi) is 4.25. The van der Waals surface area contributed by atoms with Crippen molar-refractivity contribution in [1.82, 2.24) is 4.57 Å². The lowest BCUT2D eigenvalue weighted by Gasteiger charge is -2.10. The lowest BCUT2D eigenvalue weighted by molar-refractivity contribution is 0.274. The summed E-state index contributed by atoms with van der Waals surface area (Å²) in [6, 6.07) is 1.95. The molecule has 1 rings (SSSR count). The number of hydrogen-bond acceptors (Lipinski definition) is 3. The molecule has 0 saturated heterocycles. The molecule has 1 aromatic rings. The van der Waals surface area contributed by atoms with E-state index in [0.29, 0.717) is 17.6 Å². The highest BCUT2D eigenvalue weighted by Gasteiger charge is 2.02. The molecule has 0 aromatic carbocycles. The fraction of sp³-hybridized carbons (Fsp3) is 0.500. The highest BCUT2D eigenvalue weighted by molar-refractivity contribution is 7.71. The summed E-state index contributed by atoms with van der Waals surface area (Å²) < 4.78 is 2.54. The zero-order valence-electron chi connectivity index (χ0n) is 8.23. The Balaban J connectivity index is 3.12. The molecule has 0 saturated carbocycles. The third kappa shape index (κ3) is 2.41. The molecule has 3 nitrogen and oxygen atoms in total. The normalized spacial score (nSPS) is 10.5. The molecule has 0 aliphatic carbocycles. The van der Waals surface area contributed by atoms with Crippen LogP contribution in [0, 0.1) is 11.6 Å². The maximum atomic E-state index is 8.88. The van der Waals surface area contributed by atoms with Crippen LogP contribution in [0.1, 0.15) is 11.1 Å². The van der Waals surface area contributed by atoms with Gasteiger partial charge in [-0.15, -0.1) is 0 Å². The first-order valence-electron chi connectivity index (χ1n) is 4.61. The predicted molar refractivity (Wildman–Crippen MR) is 57.9 cm³/mol. The van der Waals surface area contributed by atoms with Crippen LogP contribution in [0.5, 0.6) is 0 Å². The summed E-state index contributed by atoms with van der Waals surface area (Å²) in [5.74, 6) is 0. The number of hydrogen-bond donors (Lipinski definition) is 2. The first-order valence-corrected chi connectivity index (χ1v) is 5.02. The quantitative estimate of drug-likeness (QED) is 0.735.